The average Bonchev–Trinajstić information content (AvgIpc) is 2.63. The molecule has 0 unspecified atom stereocenters. The van der Waals surface area contributed by atoms with Crippen molar-refractivity contribution in [3.05, 3.63) is 23.8 Å². The average molecular weight is 441 g/mol. The summed E-state index contributed by atoms with van der Waals surface area (Å²) in [7, 11) is -0.00927. The van der Waals surface area contributed by atoms with Crippen molar-refractivity contribution >= 4 is 27.6 Å². The van der Waals surface area contributed by atoms with Gasteiger partial charge in [-0.25, -0.2) is 13.2 Å². The SMILES string of the molecule is CC(C)NC(=O)N(C)C[C@@H]1Oc2ccc(NS(C)(=O)=O)cc2CC(=O)N(C)C[C@@H]1C. The monoisotopic (exact) mass is 440 g/mol. The van der Waals surface area contributed by atoms with Gasteiger partial charge >= 0.3 is 6.03 Å². The van der Waals surface area contributed by atoms with Crippen molar-refractivity contribution in [2.45, 2.75) is 39.3 Å². The molecule has 168 valence electrons. The Kier molecular flexibility index (Phi) is 7.57. The fourth-order valence-electron chi connectivity index (χ4n) is 3.27. The topological polar surface area (TPSA) is 108 Å². The second-order valence-corrected chi connectivity index (χ2v) is 10.0. The number of nitrogens with one attached hydrogen (secondary N) is 2. The summed E-state index contributed by atoms with van der Waals surface area (Å²) >= 11 is 0. The van der Waals surface area contributed by atoms with Crippen LogP contribution in [0.5, 0.6) is 5.75 Å². The highest BCUT2D eigenvalue weighted by molar-refractivity contribution is 7.92. The Bertz CT molecular complexity index is 887. The lowest BCUT2D eigenvalue weighted by molar-refractivity contribution is -0.129. The van der Waals surface area contributed by atoms with Crippen molar-refractivity contribution < 1.29 is 22.7 Å². The van der Waals surface area contributed by atoms with Crippen molar-refractivity contribution in [3.8, 4) is 5.75 Å². The first-order valence-corrected chi connectivity index (χ1v) is 11.8. The van der Waals surface area contributed by atoms with E-state index in [0.29, 0.717) is 30.1 Å². The van der Waals surface area contributed by atoms with Gasteiger partial charge in [0.15, 0.2) is 0 Å². The van der Waals surface area contributed by atoms with Gasteiger partial charge in [0.1, 0.15) is 11.9 Å². The molecule has 0 bridgehead atoms. The molecular formula is C20H32N4O5S. The van der Waals surface area contributed by atoms with Crippen molar-refractivity contribution in [1.29, 1.82) is 0 Å². The van der Waals surface area contributed by atoms with E-state index in [1.165, 1.54) is 0 Å². The quantitative estimate of drug-likeness (QED) is 0.722. The van der Waals surface area contributed by atoms with Crippen LogP contribution >= 0.6 is 0 Å². The zero-order valence-electron chi connectivity index (χ0n) is 18.4. The van der Waals surface area contributed by atoms with Gasteiger partial charge in [0, 0.05) is 43.9 Å². The number of carbonyl (C=O) groups excluding carboxylic acids is 2. The molecule has 0 radical (unpaired) electrons. The number of benzene rings is 1. The molecule has 2 atom stereocenters. The minimum absolute atomic E-state index is 0.0177. The van der Waals surface area contributed by atoms with E-state index < -0.39 is 10.0 Å². The summed E-state index contributed by atoms with van der Waals surface area (Å²) < 4.78 is 31.8. The van der Waals surface area contributed by atoms with Crippen molar-refractivity contribution in [1.82, 2.24) is 15.1 Å². The Balaban J connectivity index is 2.33. The second-order valence-electron chi connectivity index (χ2n) is 8.27. The lowest BCUT2D eigenvalue weighted by Gasteiger charge is -2.31. The van der Waals surface area contributed by atoms with E-state index >= 15 is 0 Å². The smallest absolute Gasteiger partial charge is 0.317 e. The van der Waals surface area contributed by atoms with Crippen LogP contribution < -0.4 is 14.8 Å². The van der Waals surface area contributed by atoms with Crippen LogP contribution in [0.25, 0.3) is 0 Å². The molecule has 0 fully saturated rings. The summed E-state index contributed by atoms with van der Waals surface area (Å²) in [5.74, 6) is 0.384. The molecule has 1 aliphatic heterocycles. The van der Waals surface area contributed by atoms with Gasteiger partial charge in [0.05, 0.1) is 19.2 Å². The molecule has 1 aromatic carbocycles. The number of anilines is 1. The molecule has 3 amide bonds. The van der Waals surface area contributed by atoms with Gasteiger partial charge in [-0.1, -0.05) is 6.92 Å². The zero-order valence-corrected chi connectivity index (χ0v) is 19.2. The maximum Gasteiger partial charge on any atom is 0.317 e. The van der Waals surface area contributed by atoms with Crippen LogP contribution in [0.4, 0.5) is 10.5 Å². The van der Waals surface area contributed by atoms with E-state index in [9.17, 15) is 18.0 Å². The molecule has 10 heteroatoms. The highest BCUT2D eigenvalue weighted by atomic mass is 32.2. The fraction of sp³-hybridized carbons (Fsp3) is 0.600. The fourth-order valence-corrected chi connectivity index (χ4v) is 3.82. The number of hydrogen-bond donors (Lipinski definition) is 2. The Labute approximate surface area is 178 Å². The number of hydrogen-bond acceptors (Lipinski definition) is 5. The molecule has 0 aromatic heterocycles. The minimum atomic E-state index is -3.44. The molecule has 0 saturated carbocycles. The van der Waals surface area contributed by atoms with E-state index in [1.807, 2.05) is 20.8 Å². The normalized spacial score (nSPS) is 19.8. The summed E-state index contributed by atoms with van der Waals surface area (Å²) in [6, 6.07) is 4.70. The summed E-state index contributed by atoms with van der Waals surface area (Å²) in [4.78, 5) is 28.2. The maximum absolute atomic E-state index is 12.6. The number of carbonyl (C=O) groups is 2. The van der Waals surface area contributed by atoms with E-state index in [1.54, 1.807) is 42.1 Å². The van der Waals surface area contributed by atoms with Crippen LogP contribution in [0.1, 0.15) is 26.3 Å². The maximum atomic E-state index is 12.6. The van der Waals surface area contributed by atoms with E-state index in [2.05, 4.69) is 10.0 Å². The van der Waals surface area contributed by atoms with Gasteiger partial charge in [-0.2, -0.15) is 0 Å². The van der Waals surface area contributed by atoms with Crippen LogP contribution in [0.2, 0.25) is 0 Å². The number of ether oxygens (including phenoxy) is 1. The van der Waals surface area contributed by atoms with Crippen molar-refractivity contribution in [2.75, 3.05) is 38.2 Å². The number of urea groups is 1. The van der Waals surface area contributed by atoms with Gasteiger partial charge in [-0.3, -0.25) is 9.52 Å². The number of nitrogens with zero attached hydrogens (tertiary/aromatic N) is 2. The molecule has 1 aromatic rings. The second kappa shape index (κ2) is 9.55. The lowest BCUT2D eigenvalue weighted by Crippen LogP contribution is -2.48. The van der Waals surface area contributed by atoms with Gasteiger partial charge in [-0.05, 0) is 32.0 Å². The Morgan fingerprint density at radius 3 is 2.63 bits per heavy atom. The predicted octanol–water partition coefficient (Wildman–Crippen LogP) is 1.51. The summed E-state index contributed by atoms with van der Waals surface area (Å²) in [5.41, 5.74) is 0.960. The van der Waals surface area contributed by atoms with Gasteiger partial charge in [0.2, 0.25) is 15.9 Å². The zero-order chi connectivity index (χ0) is 22.6. The number of likely N-dealkylation sites (N-methyl/N-ethyl adjacent to an activating group) is 2. The first-order chi connectivity index (χ1) is 13.9. The summed E-state index contributed by atoms with van der Waals surface area (Å²) in [6.45, 7) is 6.58. The van der Waals surface area contributed by atoms with E-state index in [-0.39, 0.29) is 36.4 Å². The first-order valence-electron chi connectivity index (χ1n) is 9.88. The van der Waals surface area contributed by atoms with Gasteiger partial charge in [0.25, 0.3) is 0 Å². The predicted molar refractivity (Wildman–Crippen MR) is 116 cm³/mol. The standard InChI is InChI=1S/C20H32N4O5S/c1-13(2)21-20(26)24(5)12-18-14(3)11-23(4)19(25)10-15-9-16(22-30(6,27)28)7-8-17(15)29-18/h7-9,13-14,18,22H,10-12H2,1-6H3,(H,21,26)/t14-,18-/m0/s1. The molecule has 0 aliphatic carbocycles. The number of rotatable bonds is 5. The molecule has 30 heavy (non-hydrogen) atoms. The van der Waals surface area contributed by atoms with Gasteiger partial charge in [-0.15, -0.1) is 0 Å². The minimum Gasteiger partial charge on any atom is -0.488 e. The molecule has 0 saturated heterocycles. The molecule has 9 nitrogen and oxygen atoms in total. The highest BCUT2D eigenvalue weighted by Crippen LogP contribution is 2.28. The van der Waals surface area contributed by atoms with Crippen molar-refractivity contribution in [2.24, 2.45) is 5.92 Å². The van der Waals surface area contributed by atoms with E-state index in [4.69, 9.17) is 4.74 Å². The first kappa shape index (κ1) is 23.8. The molecule has 2 rings (SSSR count). The molecule has 1 heterocycles. The largest absolute Gasteiger partial charge is 0.488 e. The van der Waals surface area contributed by atoms with Crippen molar-refractivity contribution in [3.63, 3.8) is 0 Å². The Hall–Kier alpha value is -2.49. The molecule has 1 aliphatic rings. The number of sulfonamides is 1. The lowest BCUT2D eigenvalue weighted by atomic mass is 10.0. The third-order valence-electron chi connectivity index (χ3n) is 4.82. The van der Waals surface area contributed by atoms with Crippen LogP contribution in [-0.4, -0.2) is 75.7 Å². The van der Waals surface area contributed by atoms with Crippen LogP contribution in [0.15, 0.2) is 18.2 Å². The molecule has 0 spiro atoms. The van der Waals surface area contributed by atoms with Gasteiger partial charge < -0.3 is 19.9 Å². The third-order valence-corrected chi connectivity index (χ3v) is 5.43. The number of fused-ring (bicyclic) bond motifs is 1. The van der Waals surface area contributed by atoms with Crippen LogP contribution in [0, 0.1) is 5.92 Å². The van der Waals surface area contributed by atoms with Crippen LogP contribution in [-0.2, 0) is 21.2 Å². The molecular weight excluding hydrogens is 408 g/mol. The summed E-state index contributed by atoms with van der Waals surface area (Å²) in [5, 5.41) is 2.85. The molecule has 2 N–H and O–H groups in total. The summed E-state index contributed by atoms with van der Waals surface area (Å²) in [6.07, 6.45) is 0.808. The third kappa shape index (κ3) is 6.79. The Morgan fingerprint density at radius 2 is 2.03 bits per heavy atom. The number of amides is 3. The van der Waals surface area contributed by atoms with Crippen LogP contribution in [0.3, 0.4) is 0 Å². The van der Waals surface area contributed by atoms with E-state index in [0.717, 1.165) is 6.26 Å². The Morgan fingerprint density at radius 1 is 1.37 bits per heavy atom. The highest BCUT2D eigenvalue weighted by Gasteiger charge is 2.29.